The van der Waals surface area contributed by atoms with Gasteiger partial charge in [-0.05, 0) is 42.7 Å². The van der Waals surface area contributed by atoms with Crippen LogP contribution in [0.25, 0.3) is 0 Å². The van der Waals surface area contributed by atoms with Gasteiger partial charge in [-0.25, -0.2) is 4.79 Å². The number of rotatable bonds is 11. The highest BCUT2D eigenvalue weighted by Crippen LogP contribution is 2.14. The second-order valence-electron chi connectivity index (χ2n) is 7.79. The second kappa shape index (κ2) is 12.5. The van der Waals surface area contributed by atoms with E-state index in [2.05, 4.69) is 5.32 Å². The topological polar surface area (TPSA) is 75.0 Å². The molecule has 1 heterocycles. The van der Waals surface area contributed by atoms with Gasteiger partial charge >= 0.3 is 6.03 Å². The standard InChI is InChI=1S/C26H31N3O4/c1-21-9-6-7-13-24(21)27-26(31)29(16-18-32-2)20-25(30)28(19-23-12-8-17-33-23)15-14-22-10-4-3-5-11-22/h3-13,17H,14-16,18-20H2,1-2H3,(H,27,31). The quantitative estimate of drug-likeness (QED) is 0.473. The van der Waals surface area contributed by atoms with Crippen molar-refractivity contribution in [2.45, 2.75) is 19.9 Å². The van der Waals surface area contributed by atoms with Crippen molar-refractivity contribution in [3.05, 3.63) is 89.9 Å². The van der Waals surface area contributed by atoms with Gasteiger partial charge in [-0.1, -0.05) is 48.5 Å². The van der Waals surface area contributed by atoms with Gasteiger partial charge < -0.3 is 24.3 Å². The van der Waals surface area contributed by atoms with E-state index in [1.165, 1.54) is 4.90 Å². The molecule has 3 aromatic rings. The lowest BCUT2D eigenvalue weighted by Gasteiger charge is -2.27. The number of para-hydroxylation sites is 1. The lowest BCUT2D eigenvalue weighted by atomic mass is 10.1. The van der Waals surface area contributed by atoms with Crippen LogP contribution in [-0.2, 0) is 22.5 Å². The van der Waals surface area contributed by atoms with Gasteiger partial charge in [-0.3, -0.25) is 4.79 Å². The number of carbonyl (C=O) groups is 2. The maximum absolute atomic E-state index is 13.3. The Morgan fingerprint density at radius 2 is 1.70 bits per heavy atom. The predicted molar refractivity (Wildman–Crippen MR) is 128 cm³/mol. The maximum Gasteiger partial charge on any atom is 0.322 e. The van der Waals surface area contributed by atoms with Crippen molar-refractivity contribution >= 4 is 17.6 Å². The van der Waals surface area contributed by atoms with E-state index in [1.807, 2.05) is 67.6 Å². The molecule has 1 N–H and O–H groups in total. The summed E-state index contributed by atoms with van der Waals surface area (Å²) in [7, 11) is 1.57. The van der Waals surface area contributed by atoms with Gasteiger partial charge in [0, 0.05) is 25.9 Å². The second-order valence-corrected chi connectivity index (χ2v) is 7.79. The molecule has 0 atom stereocenters. The monoisotopic (exact) mass is 449 g/mol. The van der Waals surface area contributed by atoms with E-state index in [0.29, 0.717) is 44.1 Å². The first kappa shape index (κ1) is 24.1. The van der Waals surface area contributed by atoms with E-state index in [4.69, 9.17) is 9.15 Å². The number of furan rings is 1. The third-order valence-corrected chi connectivity index (χ3v) is 5.36. The summed E-state index contributed by atoms with van der Waals surface area (Å²) in [4.78, 5) is 29.5. The number of amides is 3. The predicted octanol–water partition coefficient (Wildman–Crippen LogP) is 4.34. The smallest absolute Gasteiger partial charge is 0.322 e. The van der Waals surface area contributed by atoms with Crippen LogP contribution in [-0.4, -0.2) is 55.1 Å². The summed E-state index contributed by atoms with van der Waals surface area (Å²) in [6, 6.07) is 20.9. The van der Waals surface area contributed by atoms with Crippen molar-refractivity contribution in [2.75, 3.05) is 38.7 Å². The normalized spacial score (nSPS) is 10.6. The molecule has 2 aromatic carbocycles. The van der Waals surface area contributed by atoms with E-state index < -0.39 is 0 Å². The number of hydrogen-bond donors (Lipinski definition) is 1. The molecular weight excluding hydrogens is 418 g/mol. The lowest BCUT2D eigenvalue weighted by molar-refractivity contribution is -0.132. The number of hydrogen-bond acceptors (Lipinski definition) is 4. The molecule has 0 saturated carbocycles. The fourth-order valence-corrected chi connectivity index (χ4v) is 3.42. The molecular formula is C26H31N3O4. The van der Waals surface area contributed by atoms with Gasteiger partial charge in [0.1, 0.15) is 12.3 Å². The molecule has 174 valence electrons. The molecule has 0 aliphatic rings. The largest absolute Gasteiger partial charge is 0.467 e. The summed E-state index contributed by atoms with van der Waals surface area (Å²) in [5.41, 5.74) is 2.81. The molecule has 0 bridgehead atoms. The highest BCUT2D eigenvalue weighted by atomic mass is 16.5. The molecule has 0 saturated heterocycles. The minimum absolute atomic E-state index is 0.0590. The third-order valence-electron chi connectivity index (χ3n) is 5.36. The van der Waals surface area contributed by atoms with Crippen molar-refractivity contribution in [3.8, 4) is 0 Å². The number of nitrogens with zero attached hydrogens (tertiary/aromatic N) is 2. The zero-order valence-corrected chi connectivity index (χ0v) is 19.2. The number of carbonyl (C=O) groups excluding carboxylic acids is 2. The summed E-state index contributed by atoms with van der Waals surface area (Å²) in [5, 5.41) is 2.91. The number of urea groups is 1. The van der Waals surface area contributed by atoms with Gasteiger partial charge in [-0.15, -0.1) is 0 Å². The highest BCUT2D eigenvalue weighted by molar-refractivity contribution is 5.93. The van der Waals surface area contributed by atoms with Gasteiger partial charge in [0.2, 0.25) is 5.91 Å². The van der Waals surface area contributed by atoms with Crippen molar-refractivity contribution in [3.63, 3.8) is 0 Å². The van der Waals surface area contributed by atoms with Crippen molar-refractivity contribution in [1.82, 2.24) is 9.80 Å². The van der Waals surface area contributed by atoms with Crippen LogP contribution in [0.4, 0.5) is 10.5 Å². The van der Waals surface area contributed by atoms with Crippen LogP contribution < -0.4 is 5.32 Å². The van der Waals surface area contributed by atoms with Crippen LogP contribution in [0.3, 0.4) is 0 Å². The van der Waals surface area contributed by atoms with Crippen LogP contribution in [0.5, 0.6) is 0 Å². The minimum Gasteiger partial charge on any atom is -0.467 e. The fourth-order valence-electron chi connectivity index (χ4n) is 3.42. The molecule has 1 aromatic heterocycles. The zero-order chi connectivity index (χ0) is 23.5. The third kappa shape index (κ3) is 7.50. The summed E-state index contributed by atoms with van der Waals surface area (Å²) < 4.78 is 10.6. The van der Waals surface area contributed by atoms with Crippen LogP contribution in [0.15, 0.2) is 77.4 Å². The molecule has 0 spiro atoms. The van der Waals surface area contributed by atoms with E-state index >= 15 is 0 Å². The number of nitrogens with one attached hydrogen (secondary N) is 1. The average Bonchev–Trinajstić information content (AvgIpc) is 3.34. The van der Waals surface area contributed by atoms with Crippen molar-refractivity contribution in [2.24, 2.45) is 0 Å². The first-order valence-corrected chi connectivity index (χ1v) is 11.0. The van der Waals surface area contributed by atoms with Crippen molar-refractivity contribution in [1.29, 1.82) is 0 Å². The molecule has 0 aliphatic carbocycles. The molecule has 3 rings (SSSR count). The first-order valence-electron chi connectivity index (χ1n) is 11.0. The average molecular weight is 450 g/mol. The lowest BCUT2D eigenvalue weighted by Crippen LogP contribution is -2.46. The molecule has 0 aliphatic heterocycles. The minimum atomic E-state index is -0.337. The Hall–Kier alpha value is -3.58. The van der Waals surface area contributed by atoms with E-state index in [-0.39, 0.29) is 18.5 Å². The van der Waals surface area contributed by atoms with Crippen LogP contribution in [0.2, 0.25) is 0 Å². The Bertz CT molecular complexity index is 1010. The molecule has 7 heteroatoms. The van der Waals surface area contributed by atoms with E-state index in [1.54, 1.807) is 24.3 Å². The van der Waals surface area contributed by atoms with Crippen LogP contribution in [0, 0.1) is 6.92 Å². The Balaban J connectivity index is 1.70. The van der Waals surface area contributed by atoms with E-state index in [0.717, 1.165) is 11.1 Å². The van der Waals surface area contributed by atoms with Gasteiger partial charge in [-0.2, -0.15) is 0 Å². The molecule has 33 heavy (non-hydrogen) atoms. The Morgan fingerprint density at radius 1 is 0.939 bits per heavy atom. The van der Waals surface area contributed by atoms with Gasteiger partial charge in [0.15, 0.2) is 0 Å². The number of aryl methyl sites for hydroxylation is 1. The van der Waals surface area contributed by atoms with E-state index in [9.17, 15) is 9.59 Å². The molecule has 0 unspecified atom stereocenters. The Morgan fingerprint density at radius 3 is 2.39 bits per heavy atom. The number of methoxy groups -OCH3 is 1. The molecule has 0 radical (unpaired) electrons. The van der Waals surface area contributed by atoms with Crippen LogP contribution in [0.1, 0.15) is 16.9 Å². The number of benzene rings is 2. The zero-order valence-electron chi connectivity index (χ0n) is 19.2. The summed E-state index contributed by atoms with van der Waals surface area (Å²) in [6.07, 6.45) is 2.30. The maximum atomic E-state index is 13.3. The number of ether oxygens (including phenoxy) is 1. The first-order chi connectivity index (χ1) is 16.1. The van der Waals surface area contributed by atoms with Crippen LogP contribution >= 0.6 is 0 Å². The SMILES string of the molecule is COCCN(CC(=O)N(CCc1ccccc1)Cc1ccco1)C(=O)Nc1ccccc1C. The summed E-state index contributed by atoms with van der Waals surface area (Å²) in [6.45, 7) is 3.35. The Labute approximate surface area is 194 Å². The van der Waals surface area contributed by atoms with Crippen molar-refractivity contribution < 1.29 is 18.7 Å². The summed E-state index contributed by atoms with van der Waals surface area (Å²) in [5.74, 6) is 0.544. The highest BCUT2D eigenvalue weighted by Gasteiger charge is 2.22. The summed E-state index contributed by atoms with van der Waals surface area (Å²) >= 11 is 0. The fraction of sp³-hybridized carbons (Fsp3) is 0.308. The number of anilines is 1. The molecule has 3 amide bonds. The molecule has 0 fully saturated rings. The van der Waals surface area contributed by atoms with Gasteiger partial charge in [0.05, 0.1) is 19.4 Å². The molecule has 7 nitrogen and oxygen atoms in total. The Kier molecular flexibility index (Phi) is 9.08. The van der Waals surface area contributed by atoms with Gasteiger partial charge in [0.25, 0.3) is 0 Å².